The van der Waals surface area contributed by atoms with E-state index in [0.29, 0.717) is 29.3 Å². The van der Waals surface area contributed by atoms with E-state index in [2.05, 4.69) is 25.0 Å². The zero-order chi connectivity index (χ0) is 20.4. The molecule has 0 radical (unpaired) electrons. The third kappa shape index (κ3) is 4.06. The van der Waals surface area contributed by atoms with Crippen LogP contribution in [0.3, 0.4) is 0 Å². The third-order valence-corrected chi connectivity index (χ3v) is 4.61. The minimum absolute atomic E-state index is 0.0874. The van der Waals surface area contributed by atoms with Gasteiger partial charge in [0.2, 0.25) is 0 Å². The van der Waals surface area contributed by atoms with Gasteiger partial charge in [0.25, 0.3) is 0 Å². The van der Waals surface area contributed by atoms with Gasteiger partial charge in [-0.1, -0.05) is 0 Å². The van der Waals surface area contributed by atoms with Gasteiger partial charge < -0.3 is 20.1 Å². The number of carbonyl (C=O) groups is 1. The van der Waals surface area contributed by atoms with Crippen LogP contribution in [0.2, 0.25) is 0 Å². The summed E-state index contributed by atoms with van der Waals surface area (Å²) < 4.78 is 28.3. The van der Waals surface area contributed by atoms with Gasteiger partial charge >= 0.3 is 6.09 Å². The quantitative estimate of drug-likeness (QED) is 0.636. The number of ether oxygens (including phenoxy) is 2. The van der Waals surface area contributed by atoms with Gasteiger partial charge in [-0.15, -0.1) is 0 Å². The van der Waals surface area contributed by atoms with Crippen LogP contribution in [0.4, 0.5) is 26.4 Å². The van der Waals surface area contributed by atoms with Crippen molar-refractivity contribution in [3.05, 3.63) is 48.0 Å². The summed E-state index contributed by atoms with van der Waals surface area (Å²) in [5.41, 5.74) is 2.72. The van der Waals surface area contributed by atoms with E-state index in [1.54, 1.807) is 12.1 Å². The fourth-order valence-corrected chi connectivity index (χ4v) is 3.18. The van der Waals surface area contributed by atoms with Gasteiger partial charge in [0.15, 0.2) is 6.10 Å². The fraction of sp³-hybridized carbons (Fsp3) is 0.211. The summed E-state index contributed by atoms with van der Waals surface area (Å²) in [6.45, 7) is 2.33. The Morgan fingerprint density at radius 1 is 1.38 bits per heavy atom. The van der Waals surface area contributed by atoms with E-state index in [9.17, 15) is 9.18 Å². The standard InChI is InChI=1S/C19H16FN5O3S/c1-10-4-12(25-29)6-15-17(10)18(23-9-22-15)24-14-3-2-11(20)5-16(14)27-8-13-7-21-19(26)28-13/h2-6,9,13H,7-8H2,1H3,(H,21,26)(H,22,23,24)/t13-/m1/s1. The van der Waals surface area contributed by atoms with Gasteiger partial charge in [0.05, 0.1) is 23.4 Å². The minimum Gasteiger partial charge on any atom is -0.487 e. The molecular formula is C19H16FN5O3S. The molecule has 1 saturated heterocycles. The lowest BCUT2D eigenvalue weighted by molar-refractivity contribution is 0.105. The van der Waals surface area contributed by atoms with Crippen LogP contribution in [0, 0.1) is 12.7 Å². The summed E-state index contributed by atoms with van der Waals surface area (Å²) in [6, 6.07) is 7.74. The smallest absolute Gasteiger partial charge is 0.407 e. The lowest BCUT2D eigenvalue weighted by atomic mass is 10.1. The molecule has 2 N–H and O–H groups in total. The highest BCUT2D eigenvalue weighted by molar-refractivity contribution is 7.47. The highest BCUT2D eigenvalue weighted by Crippen LogP contribution is 2.33. The van der Waals surface area contributed by atoms with Crippen molar-refractivity contribution < 1.29 is 18.7 Å². The molecule has 10 heteroatoms. The molecule has 1 aliphatic heterocycles. The van der Waals surface area contributed by atoms with E-state index < -0.39 is 18.0 Å². The molecule has 2 heterocycles. The van der Waals surface area contributed by atoms with E-state index in [0.717, 1.165) is 10.9 Å². The molecule has 29 heavy (non-hydrogen) atoms. The Balaban J connectivity index is 1.64. The van der Waals surface area contributed by atoms with Gasteiger partial charge in [-0.25, -0.2) is 19.2 Å². The van der Waals surface area contributed by atoms with Gasteiger partial charge in [0, 0.05) is 23.9 Å². The fourth-order valence-electron chi connectivity index (χ4n) is 3.07. The Labute approximate surface area is 170 Å². The number of nitrogens with one attached hydrogen (secondary N) is 2. The van der Waals surface area contributed by atoms with E-state index in [1.807, 2.05) is 13.0 Å². The van der Waals surface area contributed by atoms with Crippen molar-refractivity contribution in [1.82, 2.24) is 15.3 Å². The summed E-state index contributed by atoms with van der Waals surface area (Å²) >= 11 is 4.77. The van der Waals surface area contributed by atoms with Crippen molar-refractivity contribution >= 4 is 46.6 Å². The van der Waals surface area contributed by atoms with Crippen molar-refractivity contribution in [2.24, 2.45) is 4.36 Å². The van der Waals surface area contributed by atoms with E-state index >= 15 is 0 Å². The average molecular weight is 413 g/mol. The van der Waals surface area contributed by atoms with Crippen LogP contribution in [0.15, 0.2) is 41.0 Å². The number of aryl methyl sites for hydroxylation is 1. The number of aromatic nitrogens is 2. The zero-order valence-corrected chi connectivity index (χ0v) is 16.1. The molecule has 2 aromatic carbocycles. The summed E-state index contributed by atoms with van der Waals surface area (Å²) in [6.07, 6.45) is 0.482. The highest BCUT2D eigenvalue weighted by atomic mass is 32.1. The molecule has 8 nitrogen and oxygen atoms in total. The monoisotopic (exact) mass is 413 g/mol. The second kappa shape index (κ2) is 7.92. The van der Waals surface area contributed by atoms with Crippen LogP contribution < -0.4 is 15.4 Å². The third-order valence-electron chi connectivity index (χ3n) is 4.39. The van der Waals surface area contributed by atoms with Crippen molar-refractivity contribution in [1.29, 1.82) is 0 Å². The number of rotatable bonds is 6. The lowest BCUT2D eigenvalue weighted by Crippen LogP contribution is -2.22. The van der Waals surface area contributed by atoms with Gasteiger partial charge in [-0.2, -0.15) is 4.36 Å². The summed E-state index contributed by atoms with van der Waals surface area (Å²) in [4.78, 5) is 19.7. The Hall–Kier alpha value is -3.40. The zero-order valence-electron chi connectivity index (χ0n) is 15.3. The normalized spacial score (nSPS) is 15.7. The molecular weight excluding hydrogens is 397 g/mol. The maximum absolute atomic E-state index is 13.8. The maximum Gasteiger partial charge on any atom is 0.407 e. The van der Waals surface area contributed by atoms with Crippen LogP contribution in [-0.2, 0) is 17.2 Å². The maximum atomic E-state index is 13.8. The number of benzene rings is 2. The molecule has 0 saturated carbocycles. The van der Waals surface area contributed by atoms with Gasteiger partial charge in [-0.05, 0) is 36.8 Å². The van der Waals surface area contributed by atoms with Crippen LogP contribution in [0.25, 0.3) is 10.9 Å². The van der Waals surface area contributed by atoms with Crippen molar-refractivity contribution in [2.45, 2.75) is 13.0 Å². The second-order valence-electron chi connectivity index (χ2n) is 6.46. The number of alkyl carbamates (subject to hydrolysis) is 1. The second-order valence-corrected chi connectivity index (χ2v) is 6.64. The number of hydrogen-bond donors (Lipinski definition) is 2. The number of cyclic esters (lactones) is 1. The van der Waals surface area contributed by atoms with Crippen molar-refractivity contribution in [3.8, 4) is 5.75 Å². The average Bonchev–Trinajstić information content (AvgIpc) is 3.13. The number of amides is 1. The molecule has 0 bridgehead atoms. The summed E-state index contributed by atoms with van der Waals surface area (Å²) in [5, 5.41) is 6.52. The largest absolute Gasteiger partial charge is 0.487 e. The number of hydrogen-bond acceptors (Lipinski definition) is 8. The first-order chi connectivity index (χ1) is 14.0. The van der Waals surface area contributed by atoms with Crippen LogP contribution in [0.5, 0.6) is 5.75 Å². The van der Waals surface area contributed by atoms with E-state index in [4.69, 9.17) is 21.9 Å². The molecule has 1 aromatic heterocycles. The molecule has 0 unspecified atom stereocenters. The Morgan fingerprint density at radius 3 is 3.00 bits per heavy atom. The SMILES string of the molecule is Cc1cc(N=S)cc2ncnc(Nc3ccc(F)cc3OC[C@H]3CNC(=O)O3)c12. The predicted octanol–water partition coefficient (Wildman–Crippen LogP) is 3.67. The van der Waals surface area contributed by atoms with Crippen LogP contribution in [0.1, 0.15) is 5.56 Å². The minimum atomic E-state index is -0.496. The molecule has 1 fully saturated rings. The van der Waals surface area contributed by atoms with E-state index in [1.165, 1.54) is 18.5 Å². The lowest BCUT2D eigenvalue weighted by Gasteiger charge is -2.16. The molecule has 1 aliphatic rings. The first kappa shape index (κ1) is 18.9. The predicted molar refractivity (Wildman–Crippen MR) is 107 cm³/mol. The van der Waals surface area contributed by atoms with Crippen LogP contribution >= 0.6 is 0 Å². The number of nitrogens with zero attached hydrogens (tertiary/aromatic N) is 3. The van der Waals surface area contributed by atoms with Crippen LogP contribution in [-0.4, -0.2) is 35.3 Å². The molecule has 148 valence electrons. The van der Waals surface area contributed by atoms with E-state index in [-0.39, 0.29) is 12.4 Å². The molecule has 4 rings (SSSR count). The van der Waals surface area contributed by atoms with Gasteiger partial charge in [-0.3, -0.25) is 0 Å². The number of fused-ring (bicyclic) bond motifs is 1. The topological polar surface area (TPSA) is 97.7 Å². The van der Waals surface area contributed by atoms with Crippen molar-refractivity contribution in [3.63, 3.8) is 0 Å². The Morgan fingerprint density at radius 2 is 2.24 bits per heavy atom. The molecule has 1 amide bonds. The first-order valence-corrected chi connectivity index (χ1v) is 9.12. The molecule has 0 aliphatic carbocycles. The van der Waals surface area contributed by atoms with Crippen molar-refractivity contribution in [2.75, 3.05) is 18.5 Å². The molecule has 1 atom stereocenters. The molecule has 0 spiro atoms. The molecule has 3 aromatic rings. The number of anilines is 2. The highest BCUT2D eigenvalue weighted by Gasteiger charge is 2.23. The Kier molecular flexibility index (Phi) is 5.17. The summed E-state index contributed by atoms with van der Waals surface area (Å²) in [7, 11) is 0. The Bertz CT molecular complexity index is 1110. The van der Waals surface area contributed by atoms with Gasteiger partial charge in [0.1, 0.15) is 30.3 Å². The summed E-state index contributed by atoms with van der Waals surface area (Å²) in [5.74, 6) is 0.357. The number of carbonyl (C=O) groups excluding carboxylic acids is 1. The first-order valence-electron chi connectivity index (χ1n) is 8.76. The number of halogens is 1.